The van der Waals surface area contributed by atoms with E-state index in [4.69, 9.17) is 18.6 Å². The van der Waals surface area contributed by atoms with Gasteiger partial charge in [-0.2, -0.15) is 0 Å². The number of halogens is 2. The van der Waals surface area contributed by atoms with Gasteiger partial charge in [0.1, 0.15) is 0 Å². The van der Waals surface area contributed by atoms with Crippen LogP contribution in [-0.2, 0) is 17.0 Å². The van der Waals surface area contributed by atoms with E-state index in [2.05, 4.69) is 13.8 Å². The van der Waals surface area contributed by atoms with Gasteiger partial charge in [0.15, 0.2) is 0 Å². The van der Waals surface area contributed by atoms with E-state index in [-0.39, 0.29) is 14.9 Å². The summed E-state index contributed by atoms with van der Waals surface area (Å²) in [5.41, 5.74) is 0. The van der Waals surface area contributed by atoms with Crippen LogP contribution in [0.4, 0.5) is 0 Å². The third kappa shape index (κ3) is 42.7. The van der Waals surface area contributed by atoms with E-state index < -0.39 is 17.0 Å². The van der Waals surface area contributed by atoms with Crippen molar-refractivity contribution in [2.24, 2.45) is 0 Å². The summed E-state index contributed by atoms with van der Waals surface area (Å²) in [6, 6.07) is 0. The summed E-state index contributed by atoms with van der Waals surface area (Å²) >= 11 is -0.556. The topological polar surface area (TPSA) is 0 Å². The molecule has 0 saturated carbocycles. The van der Waals surface area contributed by atoms with Crippen molar-refractivity contribution >= 4 is 18.6 Å². The first kappa shape index (κ1) is 23.3. The van der Waals surface area contributed by atoms with Crippen molar-refractivity contribution in [2.75, 3.05) is 0 Å². The van der Waals surface area contributed by atoms with E-state index in [0.29, 0.717) is 0 Å². The van der Waals surface area contributed by atoms with Crippen LogP contribution < -0.4 is 0 Å². The van der Waals surface area contributed by atoms with E-state index in [1.165, 1.54) is 32.1 Å². The number of hydrogen-bond acceptors (Lipinski definition) is 0. The molecule has 0 rings (SSSR count). The zero-order valence-corrected chi connectivity index (χ0v) is 11.9. The summed E-state index contributed by atoms with van der Waals surface area (Å²) in [5, 5.41) is 0. The van der Waals surface area contributed by atoms with Crippen molar-refractivity contribution in [1.82, 2.24) is 0 Å². The van der Waals surface area contributed by atoms with Gasteiger partial charge in [0.25, 0.3) is 0 Å². The van der Waals surface area contributed by atoms with Gasteiger partial charge in [-0.1, -0.05) is 46.0 Å². The van der Waals surface area contributed by atoms with Gasteiger partial charge in [0.2, 0.25) is 0 Å². The molecule has 0 nitrogen and oxygen atoms in total. The predicted octanol–water partition coefficient (Wildman–Crippen LogP) is 5.25. The molecule has 0 aromatic heterocycles. The molecule has 78 valence electrons. The van der Waals surface area contributed by atoms with E-state index in [9.17, 15) is 0 Å². The van der Waals surface area contributed by atoms with Crippen LogP contribution in [0.2, 0.25) is 0 Å². The van der Waals surface area contributed by atoms with Crippen LogP contribution >= 0.6 is 18.6 Å². The third-order valence-electron chi connectivity index (χ3n) is 1.21. The number of hydrogen-bond donors (Lipinski definition) is 0. The molecule has 0 radical (unpaired) electrons. The summed E-state index contributed by atoms with van der Waals surface area (Å²) < 4.78 is 0. The summed E-state index contributed by atoms with van der Waals surface area (Å²) in [6.45, 7) is 4.49. The standard InChI is InChI=1S/C7H16.2CH3.2ClH.Ti/c1-3-5-7-6-4-2;;;;;/h3-7H2,1-2H3;2*1H3;2*1H;/q;2*-1;;;+2/p-2. The Hall–Kier alpha value is 1.29. The van der Waals surface area contributed by atoms with Gasteiger partial charge in [0.05, 0.1) is 0 Å². The van der Waals surface area contributed by atoms with E-state index >= 15 is 0 Å². The summed E-state index contributed by atoms with van der Waals surface area (Å²) in [7, 11) is 9.78. The van der Waals surface area contributed by atoms with Crippen LogP contribution in [0.15, 0.2) is 0 Å². The monoisotopic (exact) mass is 248 g/mol. The van der Waals surface area contributed by atoms with Crippen molar-refractivity contribution < 1.29 is 17.0 Å². The molecule has 0 saturated heterocycles. The molecule has 0 heterocycles. The Morgan fingerprint density at radius 2 is 1.08 bits per heavy atom. The minimum atomic E-state index is -0.556. The molecule has 0 fully saturated rings. The van der Waals surface area contributed by atoms with Gasteiger partial charge in [-0.25, -0.2) is 0 Å². The minimum absolute atomic E-state index is 0. The molecule has 0 aromatic rings. The van der Waals surface area contributed by atoms with Crippen LogP contribution in [0, 0.1) is 14.9 Å². The van der Waals surface area contributed by atoms with E-state index in [0.717, 1.165) is 0 Å². The van der Waals surface area contributed by atoms with Crippen molar-refractivity contribution in [3.8, 4) is 0 Å². The van der Waals surface area contributed by atoms with E-state index in [1.54, 1.807) is 0 Å². The molecule has 0 aromatic carbocycles. The van der Waals surface area contributed by atoms with Gasteiger partial charge in [-0.3, -0.25) is 0 Å². The van der Waals surface area contributed by atoms with Crippen molar-refractivity contribution in [3.05, 3.63) is 14.9 Å². The van der Waals surface area contributed by atoms with Gasteiger partial charge in [-0.15, -0.1) is 0 Å². The molecule has 3 heteroatoms. The SMILES string of the molecule is CCCCCCC.[CH3-].[CH3-].[Cl][Ti][Cl]. The zero-order valence-electron chi connectivity index (χ0n) is 8.79. The second-order valence-electron chi connectivity index (χ2n) is 2.13. The van der Waals surface area contributed by atoms with Crippen LogP contribution in [0.3, 0.4) is 0 Å². The second kappa shape index (κ2) is 29.5. The molecule has 0 aliphatic rings. The fourth-order valence-electron chi connectivity index (χ4n) is 0.677. The van der Waals surface area contributed by atoms with Gasteiger partial charge >= 0.3 is 35.6 Å². The fourth-order valence-corrected chi connectivity index (χ4v) is 0.677. The van der Waals surface area contributed by atoms with Gasteiger partial charge in [-0.05, 0) is 0 Å². The third-order valence-corrected chi connectivity index (χ3v) is 1.21. The Labute approximate surface area is 96.1 Å². The molecule has 0 atom stereocenters. The van der Waals surface area contributed by atoms with E-state index in [1.807, 2.05) is 0 Å². The first-order valence-corrected chi connectivity index (χ1v) is 8.09. The quantitative estimate of drug-likeness (QED) is 0.362. The Morgan fingerprint density at radius 3 is 1.25 bits per heavy atom. The maximum absolute atomic E-state index is 4.89. The molecule has 0 unspecified atom stereocenters. The predicted molar refractivity (Wildman–Crippen MR) is 59.0 cm³/mol. The first-order valence-electron chi connectivity index (χ1n) is 3.79. The second-order valence-corrected chi connectivity index (χ2v) is 4.71. The van der Waals surface area contributed by atoms with Crippen LogP contribution in [-0.4, -0.2) is 0 Å². The Kier molecular flexibility index (Phi) is 57.1. The Balaban J connectivity index is -0.0000000569. The average Bonchev–Trinajstić information content (AvgIpc) is 1.91. The molecule has 0 N–H and O–H groups in total. The normalized spacial score (nSPS) is 6.67. The number of unbranched alkanes of at least 4 members (excludes halogenated alkanes) is 4. The summed E-state index contributed by atoms with van der Waals surface area (Å²) in [4.78, 5) is 0. The van der Waals surface area contributed by atoms with Crippen molar-refractivity contribution in [2.45, 2.75) is 46.0 Å². The molecule has 0 aliphatic carbocycles. The molecule has 0 amide bonds. The zero-order chi connectivity index (χ0) is 8.24. The van der Waals surface area contributed by atoms with Gasteiger partial charge < -0.3 is 14.9 Å². The van der Waals surface area contributed by atoms with Crippen molar-refractivity contribution in [1.29, 1.82) is 0 Å². The summed E-state index contributed by atoms with van der Waals surface area (Å²) in [6.07, 6.45) is 7.01. The molecular formula is C9H22Cl2Ti-2. The van der Waals surface area contributed by atoms with Gasteiger partial charge in [0, 0.05) is 0 Å². The first-order chi connectivity index (χ1) is 4.83. The molecule has 0 spiro atoms. The average molecular weight is 249 g/mol. The maximum atomic E-state index is 4.89. The molecule has 12 heavy (non-hydrogen) atoms. The van der Waals surface area contributed by atoms with Crippen LogP contribution in [0.25, 0.3) is 0 Å². The van der Waals surface area contributed by atoms with Crippen LogP contribution in [0.5, 0.6) is 0 Å². The number of rotatable bonds is 4. The molecule has 0 aliphatic heterocycles. The Bertz CT molecular complexity index is 39.5. The summed E-state index contributed by atoms with van der Waals surface area (Å²) in [5.74, 6) is 0. The van der Waals surface area contributed by atoms with Crippen LogP contribution in [0.1, 0.15) is 46.0 Å². The Morgan fingerprint density at radius 1 is 0.833 bits per heavy atom. The molecule has 0 bridgehead atoms. The van der Waals surface area contributed by atoms with Crippen molar-refractivity contribution in [3.63, 3.8) is 0 Å². The molecular weight excluding hydrogens is 227 g/mol. The fraction of sp³-hybridized carbons (Fsp3) is 0.778.